The van der Waals surface area contributed by atoms with Crippen LogP contribution in [-0.4, -0.2) is 20.4 Å². The molecule has 5 nitrogen and oxygen atoms in total. The molecule has 1 amide bonds. The molecule has 2 N–H and O–H groups in total. The lowest BCUT2D eigenvalue weighted by Crippen LogP contribution is -2.35. The van der Waals surface area contributed by atoms with Crippen molar-refractivity contribution < 1.29 is 13.2 Å². The first-order valence-electron chi connectivity index (χ1n) is 8.50. The van der Waals surface area contributed by atoms with Gasteiger partial charge in [-0.3, -0.25) is 4.79 Å². The van der Waals surface area contributed by atoms with Gasteiger partial charge >= 0.3 is 0 Å². The van der Waals surface area contributed by atoms with E-state index < -0.39 is 10.0 Å². The molecule has 126 valence electrons. The molecule has 1 heterocycles. The highest BCUT2D eigenvalue weighted by Crippen LogP contribution is 2.26. The maximum atomic E-state index is 12.7. The molecule has 1 aliphatic carbocycles. The highest BCUT2D eigenvalue weighted by atomic mass is 32.2. The number of nitrogens with one attached hydrogen (secondary N) is 2. The standard InChI is InChI=1S/C17H24N2O3S/c20-17-11-8-13-12-15(9-10-16(13)18-17)23(21,22)19-14-6-4-2-1-3-5-7-14/h9-10,12,14,19H,1-8,11H2,(H,18,20). The molecule has 0 radical (unpaired) electrons. The Morgan fingerprint density at radius 2 is 1.70 bits per heavy atom. The second-order valence-electron chi connectivity index (χ2n) is 6.53. The predicted molar refractivity (Wildman–Crippen MR) is 89.8 cm³/mol. The lowest BCUT2D eigenvalue weighted by atomic mass is 9.97. The molecule has 0 unspecified atom stereocenters. The van der Waals surface area contributed by atoms with Gasteiger partial charge < -0.3 is 5.32 Å². The first-order valence-corrected chi connectivity index (χ1v) is 9.98. The number of amides is 1. The maximum Gasteiger partial charge on any atom is 0.240 e. The van der Waals surface area contributed by atoms with Gasteiger partial charge in [-0.25, -0.2) is 13.1 Å². The van der Waals surface area contributed by atoms with Gasteiger partial charge in [0.15, 0.2) is 0 Å². The Labute approximate surface area is 137 Å². The summed E-state index contributed by atoms with van der Waals surface area (Å²) < 4.78 is 28.2. The van der Waals surface area contributed by atoms with E-state index in [1.54, 1.807) is 18.2 Å². The number of sulfonamides is 1. The van der Waals surface area contributed by atoms with E-state index in [0.717, 1.165) is 36.9 Å². The Bertz CT molecular complexity index is 677. The summed E-state index contributed by atoms with van der Waals surface area (Å²) in [5, 5.41) is 2.78. The van der Waals surface area contributed by atoms with Gasteiger partial charge in [0.2, 0.25) is 15.9 Å². The predicted octanol–water partition coefficient (Wildman–Crippen LogP) is 2.96. The fourth-order valence-corrected chi connectivity index (χ4v) is 4.74. The summed E-state index contributed by atoms with van der Waals surface area (Å²) in [6.07, 6.45) is 8.65. The van der Waals surface area contributed by atoms with Crippen molar-refractivity contribution in [2.45, 2.75) is 68.7 Å². The zero-order valence-corrected chi connectivity index (χ0v) is 14.1. The lowest BCUT2D eigenvalue weighted by molar-refractivity contribution is -0.116. The molecule has 0 spiro atoms. The second kappa shape index (κ2) is 7.01. The Hall–Kier alpha value is -1.40. The van der Waals surface area contributed by atoms with Crippen molar-refractivity contribution in [3.05, 3.63) is 23.8 Å². The number of carbonyl (C=O) groups excluding carboxylic acids is 1. The minimum absolute atomic E-state index is 0.0132. The number of fused-ring (bicyclic) bond motifs is 1. The zero-order valence-electron chi connectivity index (χ0n) is 13.3. The number of carbonyl (C=O) groups is 1. The minimum atomic E-state index is -3.50. The van der Waals surface area contributed by atoms with E-state index in [4.69, 9.17) is 0 Å². The number of hydrogen-bond donors (Lipinski definition) is 2. The summed E-state index contributed by atoms with van der Waals surface area (Å²) >= 11 is 0. The number of aryl methyl sites for hydroxylation is 1. The van der Waals surface area contributed by atoms with Gasteiger partial charge in [0, 0.05) is 18.2 Å². The molecule has 1 aromatic rings. The molecule has 0 saturated heterocycles. The van der Waals surface area contributed by atoms with Crippen molar-refractivity contribution in [2.75, 3.05) is 5.32 Å². The van der Waals surface area contributed by atoms with Crippen molar-refractivity contribution in [3.63, 3.8) is 0 Å². The van der Waals surface area contributed by atoms with Gasteiger partial charge in [0.1, 0.15) is 0 Å². The second-order valence-corrected chi connectivity index (χ2v) is 8.24. The largest absolute Gasteiger partial charge is 0.326 e. The highest BCUT2D eigenvalue weighted by molar-refractivity contribution is 7.89. The fraction of sp³-hybridized carbons (Fsp3) is 0.588. The Morgan fingerprint density at radius 3 is 2.43 bits per heavy atom. The van der Waals surface area contributed by atoms with E-state index in [-0.39, 0.29) is 11.9 Å². The van der Waals surface area contributed by atoms with Crippen molar-refractivity contribution >= 4 is 21.6 Å². The van der Waals surface area contributed by atoms with E-state index in [1.165, 1.54) is 19.3 Å². The van der Waals surface area contributed by atoms with Crippen LogP contribution in [0.4, 0.5) is 5.69 Å². The van der Waals surface area contributed by atoms with Crippen LogP contribution in [-0.2, 0) is 21.2 Å². The minimum Gasteiger partial charge on any atom is -0.326 e. The van der Waals surface area contributed by atoms with Crippen molar-refractivity contribution in [1.82, 2.24) is 4.72 Å². The SMILES string of the molecule is O=C1CCc2cc(S(=O)(=O)NC3CCCCCCC3)ccc2N1. The van der Waals surface area contributed by atoms with Crippen LogP contribution in [0.2, 0.25) is 0 Å². The highest BCUT2D eigenvalue weighted by Gasteiger charge is 2.23. The van der Waals surface area contributed by atoms with Gasteiger partial charge in [-0.2, -0.15) is 0 Å². The molecule has 3 rings (SSSR count). The first-order chi connectivity index (χ1) is 11.0. The van der Waals surface area contributed by atoms with Crippen LogP contribution in [0.1, 0.15) is 56.9 Å². The third kappa shape index (κ3) is 4.12. The summed E-state index contributed by atoms with van der Waals surface area (Å²) in [4.78, 5) is 11.7. The van der Waals surface area contributed by atoms with Crippen LogP contribution in [0.5, 0.6) is 0 Å². The molecular weight excluding hydrogens is 312 g/mol. The quantitative estimate of drug-likeness (QED) is 0.891. The molecule has 1 aliphatic heterocycles. The van der Waals surface area contributed by atoms with Crippen LogP contribution >= 0.6 is 0 Å². The van der Waals surface area contributed by atoms with Gasteiger partial charge in [0.05, 0.1) is 4.90 Å². The summed E-state index contributed by atoms with van der Waals surface area (Å²) in [7, 11) is -3.50. The maximum absolute atomic E-state index is 12.7. The number of benzene rings is 1. The summed E-state index contributed by atoms with van der Waals surface area (Å²) in [6, 6.07) is 5.01. The molecule has 0 bridgehead atoms. The van der Waals surface area contributed by atoms with E-state index >= 15 is 0 Å². The molecule has 6 heteroatoms. The van der Waals surface area contributed by atoms with Crippen LogP contribution in [0.25, 0.3) is 0 Å². The third-order valence-electron chi connectivity index (χ3n) is 4.71. The van der Waals surface area contributed by atoms with Gasteiger partial charge in [-0.05, 0) is 43.0 Å². The molecule has 2 aliphatic rings. The molecule has 0 atom stereocenters. The van der Waals surface area contributed by atoms with Crippen molar-refractivity contribution in [3.8, 4) is 0 Å². The smallest absolute Gasteiger partial charge is 0.240 e. The zero-order chi connectivity index (χ0) is 16.3. The van der Waals surface area contributed by atoms with Gasteiger partial charge in [-0.15, -0.1) is 0 Å². The van der Waals surface area contributed by atoms with Crippen LogP contribution in [0.15, 0.2) is 23.1 Å². The summed E-state index contributed by atoms with van der Waals surface area (Å²) in [6.45, 7) is 0. The third-order valence-corrected chi connectivity index (χ3v) is 6.23. The van der Waals surface area contributed by atoms with Crippen molar-refractivity contribution in [2.24, 2.45) is 0 Å². The number of rotatable bonds is 3. The lowest BCUT2D eigenvalue weighted by Gasteiger charge is -2.22. The van der Waals surface area contributed by atoms with E-state index in [1.807, 2.05) is 0 Å². The van der Waals surface area contributed by atoms with Crippen molar-refractivity contribution in [1.29, 1.82) is 0 Å². The molecule has 0 aromatic heterocycles. The average Bonchev–Trinajstić information content (AvgIpc) is 2.49. The van der Waals surface area contributed by atoms with Crippen LogP contribution in [0, 0.1) is 0 Å². The number of anilines is 1. The van der Waals surface area contributed by atoms with Gasteiger partial charge in [-0.1, -0.05) is 32.1 Å². The summed E-state index contributed by atoms with van der Waals surface area (Å²) in [5.74, 6) is -0.0132. The van der Waals surface area contributed by atoms with E-state index in [2.05, 4.69) is 10.0 Å². The number of hydrogen-bond acceptors (Lipinski definition) is 3. The Balaban J connectivity index is 1.75. The fourth-order valence-electron chi connectivity index (χ4n) is 3.39. The molecule has 1 aromatic carbocycles. The Kier molecular flexibility index (Phi) is 5.02. The van der Waals surface area contributed by atoms with Crippen LogP contribution < -0.4 is 10.0 Å². The Morgan fingerprint density at radius 1 is 1.00 bits per heavy atom. The first kappa shape index (κ1) is 16.5. The normalized spacial score (nSPS) is 20.3. The molecule has 1 fully saturated rings. The van der Waals surface area contributed by atoms with Crippen LogP contribution in [0.3, 0.4) is 0 Å². The van der Waals surface area contributed by atoms with E-state index in [9.17, 15) is 13.2 Å². The van der Waals surface area contributed by atoms with Gasteiger partial charge in [0.25, 0.3) is 0 Å². The summed E-state index contributed by atoms with van der Waals surface area (Å²) in [5.41, 5.74) is 1.62. The van der Waals surface area contributed by atoms with E-state index in [0.29, 0.717) is 17.7 Å². The topological polar surface area (TPSA) is 75.3 Å². The monoisotopic (exact) mass is 336 g/mol. The molecule has 23 heavy (non-hydrogen) atoms. The average molecular weight is 336 g/mol. The molecular formula is C17H24N2O3S. The molecule has 1 saturated carbocycles.